The second-order valence-electron chi connectivity index (χ2n) is 8.85. The normalized spacial score (nSPS) is 27.4. The maximum Gasteiger partial charge on any atom is 0.410 e. The number of nitrogens with two attached hydrogens (primary N) is 1. The molecule has 2 aliphatic heterocycles. The van der Waals surface area contributed by atoms with Gasteiger partial charge in [0.05, 0.1) is 17.0 Å². The summed E-state index contributed by atoms with van der Waals surface area (Å²) in [7, 11) is -3.32. The molecule has 3 atom stereocenters. The molecule has 0 aliphatic carbocycles. The van der Waals surface area contributed by atoms with Crippen molar-refractivity contribution in [2.24, 2.45) is 11.7 Å². The minimum absolute atomic E-state index is 0.0619. The highest BCUT2D eigenvalue weighted by Gasteiger charge is 2.43. The Morgan fingerprint density at radius 2 is 1.89 bits per heavy atom. The fourth-order valence-electron chi connectivity index (χ4n) is 3.63. The molecule has 0 spiro atoms. The zero-order chi connectivity index (χ0) is 20.6. The molecule has 2 rings (SSSR count). The van der Waals surface area contributed by atoms with Crippen molar-refractivity contribution < 1.29 is 22.7 Å². The zero-order valence-corrected chi connectivity index (χ0v) is 17.8. The Morgan fingerprint density at radius 3 is 2.37 bits per heavy atom. The van der Waals surface area contributed by atoms with Gasteiger partial charge in [-0.05, 0) is 47.5 Å². The van der Waals surface area contributed by atoms with E-state index in [1.165, 1.54) is 0 Å². The van der Waals surface area contributed by atoms with E-state index in [4.69, 9.17) is 10.5 Å². The number of hydrogen-bond acceptors (Lipinski definition) is 6. The van der Waals surface area contributed by atoms with Gasteiger partial charge in [-0.25, -0.2) is 13.2 Å². The molecule has 0 aromatic carbocycles. The van der Waals surface area contributed by atoms with Crippen LogP contribution in [-0.4, -0.2) is 78.5 Å². The molecule has 2 aliphatic rings. The van der Waals surface area contributed by atoms with Crippen LogP contribution in [0.1, 0.15) is 47.5 Å². The van der Waals surface area contributed by atoms with Crippen LogP contribution >= 0.6 is 0 Å². The van der Waals surface area contributed by atoms with Gasteiger partial charge in [0.15, 0.2) is 9.84 Å². The highest BCUT2D eigenvalue weighted by Crippen LogP contribution is 2.29. The number of sulfone groups is 1. The molecule has 2 fully saturated rings. The van der Waals surface area contributed by atoms with Crippen molar-refractivity contribution in [2.75, 3.05) is 25.4 Å². The Balaban J connectivity index is 2.20. The minimum Gasteiger partial charge on any atom is -0.444 e. The van der Waals surface area contributed by atoms with Crippen molar-refractivity contribution in [3.63, 3.8) is 0 Å². The molecule has 8 nitrogen and oxygen atoms in total. The van der Waals surface area contributed by atoms with Crippen LogP contribution in [0.3, 0.4) is 0 Å². The predicted octanol–water partition coefficient (Wildman–Crippen LogP) is 0.995. The second kappa shape index (κ2) is 7.95. The van der Waals surface area contributed by atoms with Crippen LogP contribution in [0.5, 0.6) is 0 Å². The number of hydrogen-bond donors (Lipinski definition) is 1. The molecule has 0 radical (unpaired) electrons. The quantitative estimate of drug-likeness (QED) is 0.750. The summed E-state index contributed by atoms with van der Waals surface area (Å²) in [6, 6.07) is -0.741. The van der Waals surface area contributed by atoms with Gasteiger partial charge in [-0.3, -0.25) is 4.79 Å². The Morgan fingerprint density at radius 1 is 1.26 bits per heavy atom. The van der Waals surface area contributed by atoms with E-state index in [-0.39, 0.29) is 30.2 Å². The molecule has 9 heteroatoms. The highest BCUT2D eigenvalue weighted by molar-refractivity contribution is 7.91. The summed E-state index contributed by atoms with van der Waals surface area (Å²) in [6.45, 7) is 9.90. The summed E-state index contributed by atoms with van der Waals surface area (Å²) >= 11 is 0. The van der Waals surface area contributed by atoms with E-state index in [1.807, 2.05) is 0 Å². The van der Waals surface area contributed by atoms with Crippen molar-refractivity contribution in [1.29, 1.82) is 0 Å². The number of ether oxygens (including phenoxy) is 1. The van der Waals surface area contributed by atoms with Gasteiger partial charge in [0.25, 0.3) is 0 Å². The molecule has 0 aromatic heterocycles. The van der Waals surface area contributed by atoms with Crippen LogP contribution in [-0.2, 0) is 19.4 Å². The Kier molecular flexibility index (Phi) is 6.46. The third kappa shape index (κ3) is 5.34. The maximum absolute atomic E-state index is 12.5. The van der Waals surface area contributed by atoms with Crippen molar-refractivity contribution in [1.82, 2.24) is 9.80 Å². The summed E-state index contributed by atoms with van der Waals surface area (Å²) in [4.78, 5) is 28.1. The van der Waals surface area contributed by atoms with Gasteiger partial charge in [0, 0.05) is 31.6 Å². The largest absolute Gasteiger partial charge is 0.444 e. The fraction of sp³-hybridized carbons (Fsp3) is 0.889. The number of likely N-dealkylation sites (tertiary alicyclic amines) is 2. The molecule has 2 unspecified atom stereocenters. The summed E-state index contributed by atoms with van der Waals surface area (Å²) in [6.07, 6.45) is 0.655. The van der Waals surface area contributed by atoms with Crippen LogP contribution in [0.2, 0.25) is 0 Å². The SMILES string of the molecule is CC(C)S(=O)(=O)CC1CN(C(=O)OC(C)(C)C)CCC1N1CC[C@H](N)C1=O. The molecular weight excluding hydrogens is 370 g/mol. The third-order valence-electron chi connectivity index (χ3n) is 5.19. The van der Waals surface area contributed by atoms with Crippen LogP contribution in [0, 0.1) is 5.92 Å². The average molecular weight is 404 g/mol. The molecular formula is C18H33N3O5S. The molecule has 156 valence electrons. The summed E-state index contributed by atoms with van der Waals surface area (Å²) in [5.74, 6) is -0.543. The topological polar surface area (TPSA) is 110 Å². The Bertz CT molecular complexity index is 671. The van der Waals surface area contributed by atoms with E-state index in [2.05, 4.69) is 0 Å². The summed E-state index contributed by atoms with van der Waals surface area (Å²) in [5.41, 5.74) is 5.23. The number of carbonyl (C=O) groups is 2. The first-order valence-corrected chi connectivity index (χ1v) is 11.3. The number of rotatable bonds is 4. The number of amides is 2. The standard InChI is InChI=1S/C18H33N3O5S/c1-12(2)27(24,25)11-13-10-20(17(23)26-18(3,4)5)8-7-15(13)21-9-6-14(19)16(21)22/h12-15H,6-11,19H2,1-5H3/t13?,14-,15?/m0/s1. The van der Waals surface area contributed by atoms with Crippen molar-refractivity contribution in [3.8, 4) is 0 Å². The number of piperidine rings is 1. The van der Waals surface area contributed by atoms with Gasteiger partial charge in [0.2, 0.25) is 5.91 Å². The first-order valence-electron chi connectivity index (χ1n) is 9.57. The molecule has 27 heavy (non-hydrogen) atoms. The van der Waals surface area contributed by atoms with Crippen LogP contribution in [0.25, 0.3) is 0 Å². The van der Waals surface area contributed by atoms with Gasteiger partial charge in [-0.2, -0.15) is 0 Å². The third-order valence-corrected chi connectivity index (χ3v) is 7.52. The fourth-order valence-corrected chi connectivity index (χ4v) is 4.94. The van der Waals surface area contributed by atoms with Crippen LogP contribution in [0.15, 0.2) is 0 Å². The summed E-state index contributed by atoms with van der Waals surface area (Å²) in [5, 5.41) is -0.508. The molecule has 0 saturated carbocycles. The second-order valence-corrected chi connectivity index (χ2v) is 11.4. The lowest BCUT2D eigenvalue weighted by molar-refractivity contribution is -0.132. The Hall–Kier alpha value is -1.35. The molecule has 0 bridgehead atoms. The molecule has 2 heterocycles. The van der Waals surface area contributed by atoms with Crippen molar-refractivity contribution in [3.05, 3.63) is 0 Å². The van der Waals surface area contributed by atoms with E-state index in [0.717, 1.165) is 0 Å². The van der Waals surface area contributed by atoms with E-state index in [0.29, 0.717) is 25.9 Å². The van der Waals surface area contributed by atoms with Gasteiger partial charge in [0.1, 0.15) is 5.60 Å². The van der Waals surface area contributed by atoms with E-state index in [9.17, 15) is 18.0 Å². The average Bonchev–Trinajstić information content (AvgIpc) is 2.85. The Labute approximate surface area is 162 Å². The van der Waals surface area contributed by atoms with Crippen molar-refractivity contribution >= 4 is 21.8 Å². The lowest BCUT2D eigenvalue weighted by Crippen LogP contribution is -2.56. The predicted molar refractivity (Wildman–Crippen MR) is 103 cm³/mol. The van der Waals surface area contributed by atoms with Gasteiger partial charge >= 0.3 is 6.09 Å². The first kappa shape index (κ1) is 21.9. The van der Waals surface area contributed by atoms with E-state index < -0.39 is 32.8 Å². The molecule has 2 saturated heterocycles. The highest BCUT2D eigenvalue weighted by atomic mass is 32.2. The van der Waals surface area contributed by atoms with Gasteiger partial charge in [-0.1, -0.05) is 0 Å². The molecule has 2 amide bonds. The summed E-state index contributed by atoms with van der Waals surface area (Å²) < 4.78 is 30.5. The minimum atomic E-state index is -3.32. The van der Waals surface area contributed by atoms with Crippen molar-refractivity contribution in [2.45, 2.75) is 70.4 Å². The van der Waals surface area contributed by atoms with Crippen LogP contribution < -0.4 is 5.73 Å². The van der Waals surface area contributed by atoms with E-state index in [1.54, 1.807) is 44.4 Å². The maximum atomic E-state index is 12.5. The molecule has 2 N–H and O–H groups in total. The number of nitrogens with zero attached hydrogens (tertiary/aromatic N) is 2. The molecule has 0 aromatic rings. The smallest absolute Gasteiger partial charge is 0.410 e. The zero-order valence-electron chi connectivity index (χ0n) is 17.0. The lowest BCUT2D eigenvalue weighted by atomic mass is 9.92. The van der Waals surface area contributed by atoms with Crippen LogP contribution in [0.4, 0.5) is 4.79 Å². The monoisotopic (exact) mass is 403 g/mol. The lowest BCUT2D eigenvalue weighted by Gasteiger charge is -2.42. The van der Waals surface area contributed by atoms with E-state index >= 15 is 0 Å². The van der Waals surface area contributed by atoms with Gasteiger partial charge in [-0.15, -0.1) is 0 Å². The first-order chi connectivity index (χ1) is 12.3. The van der Waals surface area contributed by atoms with Gasteiger partial charge < -0.3 is 20.3 Å². The number of carbonyl (C=O) groups excluding carboxylic acids is 2.